The maximum Gasteiger partial charge on any atom is 0.189 e. The molecule has 0 unspecified atom stereocenters. The van der Waals surface area contributed by atoms with Crippen molar-refractivity contribution in [3.05, 3.63) is 46.2 Å². The van der Waals surface area contributed by atoms with E-state index in [1.807, 2.05) is 12.1 Å². The molecule has 2 rings (SSSR count). The van der Waals surface area contributed by atoms with Crippen molar-refractivity contribution in [1.29, 1.82) is 0 Å². The van der Waals surface area contributed by atoms with Gasteiger partial charge >= 0.3 is 0 Å². The van der Waals surface area contributed by atoms with Crippen molar-refractivity contribution < 1.29 is 0 Å². The number of benzene rings is 1. The summed E-state index contributed by atoms with van der Waals surface area (Å²) < 4.78 is 0. The van der Waals surface area contributed by atoms with Crippen LogP contribution in [0.25, 0.3) is 10.9 Å². The minimum absolute atomic E-state index is 0.0392. The normalized spacial score (nSPS) is 10.5. The molecule has 0 aliphatic carbocycles. The zero-order valence-electron chi connectivity index (χ0n) is 7.08. The summed E-state index contributed by atoms with van der Waals surface area (Å²) in [6, 6.07) is 7.09. The molecule has 2 aromatic rings. The Bertz CT molecular complexity index is 487. The van der Waals surface area contributed by atoms with Crippen LogP contribution in [0.3, 0.4) is 0 Å². The van der Waals surface area contributed by atoms with Gasteiger partial charge in [0.15, 0.2) is 5.43 Å². The maximum absolute atomic E-state index is 11.3. The van der Waals surface area contributed by atoms with Crippen molar-refractivity contribution in [2.45, 2.75) is 6.54 Å². The number of aromatic nitrogens is 1. The lowest BCUT2D eigenvalue weighted by atomic mass is 10.1. The lowest BCUT2D eigenvalue weighted by molar-refractivity contribution is 1.07. The van der Waals surface area contributed by atoms with Gasteiger partial charge in [-0.2, -0.15) is 0 Å². The Morgan fingerprint density at radius 3 is 2.92 bits per heavy atom. The molecule has 0 saturated carbocycles. The van der Waals surface area contributed by atoms with E-state index in [0.29, 0.717) is 11.9 Å². The van der Waals surface area contributed by atoms with Crippen molar-refractivity contribution in [3.63, 3.8) is 0 Å². The average molecular weight is 174 g/mol. The van der Waals surface area contributed by atoms with Gasteiger partial charge < -0.3 is 10.7 Å². The second-order valence-corrected chi connectivity index (χ2v) is 2.93. The average Bonchev–Trinajstić information content (AvgIpc) is 2.18. The molecule has 1 aromatic carbocycles. The van der Waals surface area contributed by atoms with E-state index in [0.717, 1.165) is 11.1 Å². The number of pyridine rings is 1. The molecule has 1 aromatic heterocycles. The van der Waals surface area contributed by atoms with Gasteiger partial charge in [-0.25, -0.2) is 0 Å². The highest BCUT2D eigenvalue weighted by Gasteiger charge is 1.97. The van der Waals surface area contributed by atoms with Gasteiger partial charge in [0.1, 0.15) is 0 Å². The Morgan fingerprint density at radius 2 is 2.15 bits per heavy atom. The van der Waals surface area contributed by atoms with E-state index < -0.39 is 0 Å². The Hall–Kier alpha value is -1.61. The standard InChI is InChI=1S/C10H10N2O/c11-6-7-1-2-8-9(5-7)12-4-3-10(8)13/h1-5H,6,11H2,(H,12,13). The van der Waals surface area contributed by atoms with Crippen molar-refractivity contribution in [1.82, 2.24) is 4.98 Å². The van der Waals surface area contributed by atoms with Crippen LogP contribution in [-0.2, 0) is 6.54 Å². The van der Waals surface area contributed by atoms with E-state index in [2.05, 4.69) is 4.98 Å². The first-order chi connectivity index (χ1) is 6.31. The molecular weight excluding hydrogens is 164 g/mol. The van der Waals surface area contributed by atoms with E-state index in [-0.39, 0.29) is 5.43 Å². The number of H-pyrrole nitrogens is 1. The van der Waals surface area contributed by atoms with Crippen LogP contribution >= 0.6 is 0 Å². The van der Waals surface area contributed by atoms with Crippen LogP contribution in [0.5, 0.6) is 0 Å². The highest BCUT2D eigenvalue weighted by molar-refractivity contribution is 5.78. The van der Waals surface area contributed by atoms with Gasteiger partial charge in [-0.15, -0.1) is 0 Å². The quantitative estimate of drug-likeness (QED) is 0.677. The minimum atomic E-state index is 0.0392. The fraction of sp³-hybridized carbons (Fsp3) is 0.100. The summed E-state index contributed by atoms with van der Waals surface area (Å²) in [7, 11) is 0. The zero-order valence-corrected chi connectivity index (χ0v) is 7.08. The number of fused-ring (bicyclic) bond motifs is 1. The number of nitrogens with one attached hydrogen (secondary N) is 1. The van der Waals surface area contributed by atoms with Crippen molar-refractivity contribution in [2.75, 3.05) is 0 Å². The lowest BCUT2D eigenvalue weighted by Gasteiger charge is -1.99. The first-order valence-electron chi connectivity index (χ1n) is 4.11. The van der Waals surface area contributed by atoms with Gasteiger partial charge in [-0.3, -0.25) is 4.79 Å². The van der Waals surface area contributed by atoms with Crippen LogP contribution in [-0.4, -0.2) is 4.98 Å². The molecule has 3 heteroatoms. The topological polar surface area (TPSA) is 58.9 Å². The fourth-order valence-corrected chi connectivity index (χ4v) is 1.35. The number of rotatable bonds is 1. The first-order valence-corrected chi connectivity index (χ1v) is 4.11. The van der Waals surface area contributed by atoms with E-state index >= 15 is 0 Å². The number of hydrogen-bond donors (Lipinski definition) is 2. The van der Waals surface area contributed by atoms with Gasteiger partial charge in [0.2, 0.25) is 0 Å². The van der Waals surface area contributed by atoms with Crippen LogP contribution < -0.4 is 11.2 Å². The summed E-state index contributed by atoms with van der Waals surface area (Å²) in [5.41, 5.74) is 7.39. The van der Waals surface area contributed by atoms with Crippen LogP contribution in [0.2, 0.25) is 0 Å². The van der Waals surface area contributed by atoms with Gasteiger partial charge in [0, 0.05) is 29.7 Å². The van der Waals surface area contributed by atoms with Gasteiger partial charge in [0.25, 0.3) is 0 Å². The van der Waals surface area contributed by atoms with Gasteiger partial charge in [-0.05, 0) is 17.7 Å². The number of nitrogens with two attached hydrogens (primary N) is 1. The SMILES string of the molecule is NCc1ccc2c(=O)cc[nH]c2c1. The second kappa shape index (κ2) is 3.03. The minimum Gasteiger partial charge on any atom is -0.361 e. The Kier molecular flexibility index (Phi) is 1.87. The monoisotopic (exact) mass is 174 g/mol. The smallest absolute Gasteiger partial charge is 0.189 e. The third-order valence-electron chi connectivity index (χ3n) is 2.06. The summed E-state index contributed by atoms with van der Waals surface area (Å²) in [5, 5.41) is 0.708. The van der Waals surface area contributed by atoms with Crippen LogP contribution in [0.4, 0.5) is 0 Å². The third-order valence-corrected chi connectivity index (χ3v) is 2.06. The second-order valence-electron chi connectivity index (χ2n) is 2.93. The molecule has 0 aliphatic rings. The van der Waals surface area contributed by atoms with Gasteiger partial charge in [-0.1, -0.05) is 6.07 Å². The molecule has 0 saturated heterocycles. The Morgan fingerprint density at radius 1 is 1.31 bits per heavy atom. The van der Waals surface area contributed by atoms with Crippen molar-refractivity contribution >= 4 is 10.9 Å². The van der Waals surface area contributed by atoms with E-state index in [4.69, 9.17) is 5.73 Å². The van der Waals surface area contributed by atoms with E-state index in [1.54, 1.807) is 12.3 Å². The highest BCUT2D eigenvalue weighted by atomic mass is 16.1. The molecule has 0 radical (unpaired) electrons. The molecule has 0 fully saturated rings. The number of aromatic amines is 1. The first kappa shape index (κ1) is 8.01. The molecular formula is C10H10N2O. The van der Waals surface area contributed by atoms with E-state index in [1.165, 1.54) is 6.07 Å². The van der Waals surface area contributed by atoms with Crippen LogP contribution in [0.1, 0.15) is 5.56 Å². The van der Waals surface area contributed by atoms with E-state index in [9.17, 15) is 4.79 Å². The molecule has 66 valence electrons. The molecule has 0 atom stereocenters. The predicted octanol–water partition coefficient (Wildman–Crippen LogP) is 0.987. The Labute approximate surface area is 75.2 Å². The van der Waals surface area contributed by atoms with Crippen molar-refractivity contribution in [2.24, 2.45) is 5.73 Å². The van der Waals surface area contributed by atoms with Crippen LogP contribution in [0.15, 0.2) is 35.3 Å². The maximum atomic E-state index is 11.3. The largest absolute Gasteiger partial charge is 0.361 e. The Balaban J connectivity index is 2.80. The fourth-order valence-electron chi connectivity index (χ4n) is 1.35. The third kappa shape index (κ3) is 1.34. The molecule has 1 heterocycles. The van der Waals surface area contributed by atoms with Crippen LogP contribution in [0, 0.1) is 0 Å². The molecule has 0 amide bonds. The molecule has 3 nitrogen and oxygen atoms in total. The summed E-state index contributed by atoms with van der Waals surface area (Å²) >= 11 is 0. The molecule has 0 bridgehead atoms. The summed E-state index contributed by atoms with van der Waals surface area (Å²) in [5.74, 6) is 0. The molecule has 13 heavy (non-hydrogen) atoms. The molecule has 0 aliphatic heterocycles. The predicted molar refractivity (Wildman–Crippen MR) is 52.5 cm³/mol. The lowest BCUT2D eigenvalue weighted by Crippen LogP contribution is -2.02. The van der Waals surface area contributed by atoms with Gasteiger partial charge in [0.05, 0.1) is 0 Å². The summed E-state index contributed by atoms with van der Waals surface area (Å²) in [6.45, 7) is 0.493. The van der Waals surface area contributed by atoms with Crippen molar-refractivity contribution in [3.8, 4) is 0 Å². The highest BCUT2D eigenvalue weighted by Crippen LogP contribution is 2.08. The summed E-state index contributed by atoms with van der Waals surface area (Å²) in [4.78, 5) is 14.3. The molecule has 3 N–H and O–H groups in total. The summed E-state index contributed by atoms with van der Waals surface area (Å²) in [6.07, 6.45) is 1.64. The number of hydrogen-bond acceptors (Lipinski definition) is 2. The molecule has 0 spiro atoms. The zero-order chi connectivity index (χ0) is 9.26.